The van der Waals surface area contributed by atoms with Crippen molar-refractivity contribution in [1.82, 2.24) is 5.43 Å². The summed E-state index contributed by atoms with van der Waals surface area (Å²) in [6.07, 6.45) is 2.26. The van der Waals surface area contributed by atoms with Crippen molar-refractivity contribution in [2.75, 3.05) is 13.7 Å². The van der Waals surface area contributed by atoms with Gasteiger partial charge in [0.25, 0.3) is 0 Å². The molecule has 2 rings (SSSR count). The van der Waals surface area contributed by atoms with Crippen LogP contribution in [0.1, 0.15) is 18.9 Å². The van der Waals surface area contributed by atoms with Gasteiger partial charge in [-0.2, -0.15) is 0 Å². The summed E-state index contributed by atoms with van der Waals surface area (Å²) in [6.45, 7) is 2.89. The molecule has 0 radical (unpaired) electrons. The van der Waals surface area contributed by atoms with Crippen molar-refractivity contribution in [2.24, 2.45) is 11.8 Å². The van der Waals surface area contributed by atoms with Gasteiger partial charge in [0.15, 0.2) is 0 Å². The molecule has 0 bridgehead atoms. The summed E-state index contributed by atoms with van der Waals surface area (Å²) in [4.78, 5) is 0. The molecule has 1 saturated heterocycles. The minimum Gasteiger partial charge on any atom is -0.496 e. The molecule has 0 amide bonds. The predicted octanol–water partition coefficient (Wildman–Crippen LogP) is 1.49. The van der Waals surface area contributed by atoms with Gasteiger partial charge in [0.05, 0.1) is 19.8 Å². The Hall–Kier alpha value is -1.10. The maximum absolute atomic E-state index is 5.69. The maximum Gasteiger partial charge on any atom is 0.122 e. The van der Waals surface area contributed by atoms with Crippen LogP contribution in [0.5, 0.6) is 5.75 Å². The second-order valence-corrected chi connectivity index (χ2v) is 4.93. The number of hydrazine groups is 1. The first kappa shape index (κ1) is 13.3. The highest BCUT2D eigenvalue weighted by atomic mass is 16.5. The van der Waals surface area contributed by atoms with Gasteiger partial charge in [-0.1, -0.05) is 18.2 Å². The smallest absolute Gasteiger partial charge is 0.122 e. The van der Waals surface area contributed by atoms with E-state index in [0.29, 0.717) is 12.0 Å². The lowest BCUT2D eigenvalue weighted by Gasteiger charge is -2.22. The molecule has 1 aromatic rings. The summed E-state index contributed by atoms with van der Waals surface area (Å²) < 4.78 is 11.0. The second kappa shape index (κ2) is 6.18. The van der Waals surface area contributed by atoms with Crippen LogP contribution >= 0.6 is 0 Å². The van der Waals surface area contributed by atoms with E-state index in [9.17, 15) is 0 Å². The monoisotopic (exact) mass is 250 g/mol. The van der Waals surface area contributed by atoms with E-state index in [2.05, 4.69) is 18.4 Å². The number of hydrogen-bond acceptors (Lipinski definition) is 4. The average molecular weight is 250 g/mol. The molecule has 3 N–H and O–H groups in total. The molecule has 3 unspecified atom stereocenters. The van der Waals surface area contributed by atoms with Crippen LogP contribution in [0.4, 0.5) is 0 Å². The third kappa shape index (κ3) is 3.02. The molecule has 0 aliphatic carbocycles. The maximum atomic E-state index is 5.69. The standard InChI is InChI=1S/C14H22N2O2/c1-10-7-12(9-18-10)13(16-15)8-11-5-3-4-6-14(11)17-2/h3-6,10,12-13,16H,7-9,15H2,1-2H3. The Bertz CT molecular complexity index is 384. The lowest BCUT2D eigenvalue weighted by molar-refractivity contribution is 0.117. The Balaban J connectivity index is 2.05. The fourth-order valence-electron chi connectivity index (χ4n) is 2.60. The molecule has 18 heavy (non-hydrogen) atoms. The van der Waals surface area contributed by atoms with Crippen LogP contribution in [-0.2, 0) is 11.2 Å². The molecular weight excluding hydrogens is 228 g/mol. The molecule has 0 aromatic heterocycles. The van der Waals surface area contributed by atoms with Crippen molar-refractivity contribution < 1.29 is 9.47 Å². The Kier molecular flexibility index (Phi) is 4.58. The zero-order valence-corrected chi connectivity index (χ0v) is 11.1. The molecule has 1 aliphatic heterocycles. The van der Waals surface area contributed by atoms with E-state index in [4.69, 9.17) is 15.3 Å². The van der Waals surface area contributed by atoms with E-state index in [1.165, 1.54) is 5.56 Å². The van der Waals surface area contributed by atoms with Gasteiger partial charge in [-0.15, -0.1) is 0 Å². The molecule has 3 atom stereocenters. The van der Waals surface area contributed by atoms with Crippen molar-refractivity contribution in [1.29, 1.82) is 0 Å². The molecule has 1 heterocycles. The number of nitrogens with two attached hydrogens (primary N) is 1. The zero-order chi connectivity index (χ0) is 13.0. The third-order valence-electron chi connectivity index (χ3n) is 3.64. The number of hydrogen-bond donors (Lipinski definition) is 2. The van der Waals surface area contributed by atoms with E-state index >= 15 is 0 Å². The molecule has 1 aliphatic rings. The molecule has 0 saturated carbocycles. The van der Waals surface area contributed by atoms with Crippen LogP contribution in [0.15, 0.2) is 24.3 Å². The second-order valence-electron chi connectivity index (χ2n) is 4.93. The number of nitrogens with one attached hydrogen (secondary N) is 1. The van der Waals surface area contributed by atoms with Crippen LogP contribution in [0.2, 0.25) is 0 Å². The fourth-order valence-corrected chi connectivity index (χ4v) is 2.60. The number of methoxy groups -OCH3 is 1. The summed E-state index contributed by atoms with van der Waals surface area (Å²) in [5.74, 6) is 7.08. The Morgan fingerprint density at radius 3 is 2.89 bits per heavy atom. The molecule has 1 aromatic carbocycles. The van der Waals surface area contributed by atoms with Gasteiger partial charge in [-0.3, -0.25) is 11.3 Å². The number of ether oxygens (including phenoxy) is 2. The van der Waals surface area contributed by atoms with Crippen LogP contribution in [0.25, 0.3) is 0 Å². The topological polar surface area (TPSA) is 56.5 Å². The molecule has 100 valence electrons. The van der Waals surface area contributed by atoms with E-state index < -0.39 is 0 Å². The van der Waals surface area contributed by atoms with Crippen molar-refractivity contribution in [3.8, 4) is 5.75 Å². The lowest BCUT2D eigenvalue weighted by atomic mass is 9.92. The van der Waals surface area contributed by atoms with Crippen molar-refractivity contribution in [3.05, 3.63) is 29.8 Å². The third-order valence-corrected chi connectivity index (χ3v) is 3.64. The number of para-hydroxylation sites is 1. The van der Waals surface area contributed by atoms with Gasteiger partial charge in [0.1, 0.15) is 5.75 Å². The lowest BCUT2D eigenvalue weighted by Crippen LogP contribution is -2.42. The van der Waals surface area contributed by atoms with E-state index in [-0.39, 0.29) is 6.04 Å². The summed E-state index contributed by atoms with van der Waals surface area (Å²) in [6, 6.07) is 8.30. The van der Waals surface area contributed by atoms with Gasteiger partial charge < -0.3 is 9.47 Å². The SMILES string of the molecule is COc1ccccc1CC(NN)C1COC(C)C1. The van der Waals surface area contributed by atoms with Crippen molar-refractivity contribution >= 4 is 0 Å². The molecule has 4 nitrogen and oxygen atoms in total. The highest BCUT2D eigenvalue weighted by Gasteiger charge is 2.29. The molecule has 1 fully saturated rings. The number of benzene rings is 1. The van der Waals surface area contributed by atoms with E-state index in [1.54, 1.807) is 7.11 Å². The predicted molar refractivity (Wildman–Crippen MR) is 71.3 cm³/mol. The first-order valence-electron chi connectivity index (χ1n) is 6.44. The summed E-state index contributed by atoms with van der Waals surface area (Å²) in [5, 5.41) is 0. The van der Waals surface area contributed by atoms with Gasteiger partial charge in [0, 0.05) is 12.0 Å². The molecular formula is C14H22N2O2. The minimum atomic E-state index is 0.228. The normalized spacial score (nSPS) is 25.1. The van der Waals surface area contributed by atoms with Gasteiger partial charge in [-0.25, -0.2) is 0 Å². The number of rotatable bonds is 5. The van der Waals surface area contributed by atoms with E-state index in [0.717, 1.165) is 25.2 Å². The quantitative estimate of drug-likeness (QED) is 0.614. The van der Waals surface area contributed by atoms with Crippen LogP contribution in [0, 0.1) is 5.92 Å². The minimum absolute atomic E-state index is 0.228. The van der Waals surface area contributed by atoms with Crippen LogP contribution < -0.4 is 16.0 Å². The summed E-state index contributed by atoms with van der Waals surface area (Å²) >= 11 is 0. The Labute approximate surface area is 108 Å². The van der Waals surface area contributed by atoms with Gasteiger partial charge >= 0.3 is 0 Å². The van der Waals surface area contributed by atoms with Gasteiger partial charge in [0.2, 0.25) is 0 Å². The zero-order valence-electron chi connectivity index (χ0n) is 11.1. The largest absolute Gasteiger partial charge is 0.496 e. The van der Waals surface area contributed by atoms with E-state index in [1.807, 2.05) is 18.2 Å². The summed E-state index contributed by atoms with van der Waals surface area (Å²) in [5.41, 5.74) is 4.11. The Morgan fingerprint density at radius 1 is 1.50 bits per heavy atom. The summed E-state index contributed by atoms with van der Waals surface area (Å²) in [7, 11) is 1.70. The van der Waals surface area contributed by atoms with Gasteiger partial charge in [-0.05, 0) is 31.4 Å². The first-order chi connectivity index (χ1) is 8.74. The van der Waals surface area contributed by atoms with Crippen LogP contribution in [-0.4, -0.2) is 25.9 Å². The highest BCUT2D eigenvalue weighted by molar-refractivity contribution is 5.33. The van der Waals surface area contributed by atoms with Crippen molar-refractivity contribution in [2.45, 2.75) is 31.9 Å². The molecule has 0 spiro atoms. The first-order valence-corrected chi connectivity index (χ1v) is 6.44. The highest BCUT2D eigenvalue weighted by Crippen LogP contribution is 2.26. The molecule has 4 heteroatoms. The van der Waals surface area contributed by atoms with Crippen LogP contribution in [0.3, 0.4) is 0 Å². The Morgan fingerprint density at radius 2 is 2.28 bits per heavy atom. The fraction of sp³-hybridized carbons (Fsp3) is 0.571. The average Bonchev–Trinajstić information content (AvgIpc) is 2.83. The van der Waals surface area contributed by atoms with Crippen molar-refractivity contribution in [3.63, 3.8) is 0 Å².